The van der Waals surface area contributed by atoms with E-state index in [1.807, 2.05) is 0 Å². The average Bonchev–Trinajstić information content (AvgIpc) is 3.20. The van der Waals surface area contributed by atoms with Crippen molar-refractivity contribution in [2.75, 3.05) is 0 Å². The van der Waals surface area contributed by atoms with E-state index in [9.17, 15) is 18.4 Å². The van der Waals surface area contributed by atoms with Crippen molar-refractivity contribution in [1.82, 2.24) is 14.1 Å². The number of hydrogen-bond donors (Lipinski definition) is 0. The van der Waals surface area contributed by atoms with E-state index in [0.717, 1.165) is 9.13 Å². The summed E-state index contributed by atoms with van der Waals surface area (Å²) in [5.74, 6) is -1.55. The van der Waals surface area contributed by atoms with Gasteiger partial charge in [-0.3, -0.25) is 13.9 Å². The van der Waals surface area contributed by atoms with Crippen molar-refractivity contribution in [3.8, 4) is 0 Å². The second-order valence-electron chi connectivity index (χ2n) is 6.16. The molecule has 0 fully saturated rings. The summed E-state index contributed by atoms with van der Waals surface area (Å²) in [6.45, 7) is -1.80. The van der Waals surface area contributed by atoms with E-state index in [-0.39, 0.29) is 11.3 Å². The Kier molecular flexibility index (Phi) is 4.42. The molecule has 1 atom stereocenters. The van der Waals surface area contributed by atoms with Gasteiger partial charge in [-0.15, -0.1) is 0 Å². The average molecular weight is 387 g/mol. The minimum absolute atomic E-state index is 0.0750. The van der Waals surface area contributed by atoms with Gasteiger partial charge >= 0.3 is 18.3 Å². The van der Waals surface area contributed by atoms with Crippen LogP contribution in [-0.2, 0) is 16.1 Å². The van der Waals surface area contributed by atoms with Crippen LogP contribution in [0.1, 0.15) is 25.4 Å². The molecule has 144 valence electrons. The predicted molar refractivity (Wildman–Crippen MR) is 96.0 cm³/mol. The fourth-order valence-corrected chi connectivity index (χ4v) is 3.13. The highest BCUT2D eigenvalue weighted by molar-refractivity contribution is 5.77. The normalized spacial score (nSPS) is 12.7. The molecule has 0 N–H and O–H groups in total. The maximum atomic E-state index is 13.5. The number of nitrogens with zero attached hydrogens (tertiary/aromatic N) is 3. The van der Waals surface area contributed by atoms with Crippen molar-refractivity contribution >= 4 is 28.1 Å². The Bertz CT molecular complexity index is 1220. The van der Waals surface area contributed by atoms with Crippen molar-refractivity contribution in [1.29, 1.82) is 0 Å². The highest BCUT2D eigenvalue weighted by Gasteiger charge is 2.25. The molecule has 0 saturated carbocycles. The molecule has 0 aliphatic carbocycles. The van der Waals surface area contributed by atoms with E-state index in [2.05, 4.69) is 4.98 Å². The summed E-state index contributed by atoms with van der Waals surface area (Å²) in [5.41, 5.74) is 1.40. The Hall–Kier alpha value is -3.49. The van der Waals surface area contributed by atoms with Crippen LogP contribution in [0.25, 0.3) is 22.1 Å². The van der Waals surface area contributed by atoms with Crippen LogP contribution in [-0.4, -0.2) is 20.1 Å². The number of fused-ring (bicyclic) bond motifs is 2. The third-order valence-corrected chi connectivity index (χ3v) is 4.35. The van der Waals surface area contributed by atoms with Gasteiger partial charge < -0.3 is 9.15 Å². The molecular formula is C19H15F2N3O4. The Labute approximate surface area is 156 Å². The first-order chi connectivity index (χ1) is 13.5. The van der Waals surface area contributed by atoms with Gasteiger partial charge in [0.1, 0.15) is 6.54 Å². The van der Waals surface area contributed by atoms with Crippen molar-refractivity contribution < 1.29 is 22.7 Å². The van der Waals surface area contributed by atoms with Crippen molar-refractivity contribution in [3.05, 3.63) is 64.9 Å². The van der Waals surface area contributed by atoms with Gasteiger partial charge in [0, 0.05) is 0 Å². The molecular weight excluding hydrogens is 372 g/mol. The number of imidazole rings is 1. The van der Waals surface area contributed by atoms with Crippen LogP contribution in [0.15, 0.2) is 57.7 Å². The lowest BCUT2D eigenvalue weighted by atomic mass is 10.3. The molecule has 0 amide bonds. The highest BCUT2D eigenvalue weighted by Crippen LogP contribution is 2.28. The number of para-hydroxylation sites is 4. The van der Waals surface area contributed by atoms with Crippen LogP contribution in [0.4, 0.5) is 8.78 Å². The first kappa shape index (κ1) is 17.9. The maximum Gasteiger partial charge on any atom is 0.420 e. The molecule has 0 saturated heterocycles. The van der Waals surface area contributed by atoms with Crippen LogP contribution in [0.2, 0.25) is 0 Å². The van der Waals surface area contributed by atoms with Gasteiger partial charge in [0.05, 0.1) is 16.6 Å². The second kappa shape index (κ2) is 6.91. The standard InChI is InChI=1S/C19H15F2N3O4/c1-11(17-22-12-6-2-3-7-13(12)24(17)18(20)21)27-16(25)10-23-14-8-4-5-9-15(14)28-19(23)26/h2-9,11,18H,10H2,1H3. The number of carbonyl (C=O) groups excluding carboxylic acids is 1. The van der Waals surface area contributed by atoms with Gasteiger partial charge in [-0.1, -0.05) is 24.3 Å². The number of ether oxygens (including phenoxy) is 1. The monoisotopic (exact) mass is 387 g/mol. The minimum atomic E-state index is -2.84. The summed E-state index contributed by atoms with van der Waals surface area (Å²) in [4.78, 5) is 28.5. The van der Waals surface area contributed by atoms with Crippen molar-refractivity contribution in [2.45, 2.75) is 26.1 Å². The van der Waals surface area contributed by atoms with Crippen LogP contribution in [0.5, 0.6) is 0 Å². The molecule has 28 heavy (non-hydrogen) atoms. The van der Waals surface area contributed by atoms with Gasteiger partial charge in [0.2, 0.25) is 0 Å². The van der Waals surface area contributed by atoms with E-state index in [0.29, 0.717) is 16.6 Å². The van der Waals surface area contributed by atoms with Gasteiger partial charge in [0.15, 0.2) is 17.5 Å². The number of rotatable bonds is 5. The molecule has 9 heteroatoms. The molecule has 7 nitrogen and oxygen atoms in total. The Morgan fingerprint density at radius 2 is 1.82 bits per heavy atom. The summed E-state index contributed by atoms with van der Waals surface area (Å²) < 4.78 is 39.3. The number of halogens is 2. The maximum absolute atomic E-state index is 13.5. The van der Waals surface area contributed by atoms with E-state index < -0.39 is 30.9 Å². The zero-order valence-electron chi connectivity index (χ0n) is 14.7. The number of alkyl halides is 2. The fourth-order valence-electron chi connectivity index (χ4n) is 3.13. The first-order valence-corrected chi connectivity index (χ1v) is 8.48. The molecule has 0 aliphatic heterocycles. The van der Waals surface area contributed by atoms with Crippen LogP contribution in [0, 0.1) is 0 Å². The van der Waals surface area contributed by atoms with Crippen LogP contribution >= 0.6 is 0 Å². The molecule has 0 bridgehead atoms. The Morgan fingerprint density at radius 1 is 1.14 bits per heavy atom. The van der Waals surface area contributed by atoms with Crippen LogP contribution < -0.4 is 5.76 Å². The molecule has 0 aliphatic rings. The summed E-state index contributed by atoms with van der Waals surface area (Å²) in [5, 5.41) is 0. The summed E-state index contributed by atoms with van der Waals surface area (Å²) in [6.07, 6.45) is -1.04. The zero-order valence-corrected chi connectivity index (χ0v) is 14.7. The topological polar surface area (TPSA) is 79.3 Å². The zero-order chi connectivity index (χ0) is 19.8. The molecule has 1 unspecified atom stereocenters. The van der Waals surface area contributed by atoms with Gasteiger partial charge in [-0.25, -0.2) is 9.78 Å². The molecule has 0 radical (unpaired) electrons. The highest BCUT2D eigenvalue weighted by atomic mass is 19.3. The summed E-state index contributed by atoms with van der Waals surface area (Å²) in [6, 6.07) is 13.1. The third kappa shape index (κ3) is 3.04. The van der Waals surface area contributed by atoms with Crippen molar-refractivity contribution in [3.63, 3.8) is 0 Å². The summed E-state index contributed by atoms with van der Waals surface area (Å²) in [7, 11) is 0. The Morgan fingerprint density at radius 3 is 2.57 bits per heavy atom. The fraction of sp³-hybridized carbons (Fsp3) is 0.211. The number of esters is 1. The third-order valence-electron chi connectivity index (χ3n) is 4.35. The minimum Gasteiger partial charge on any atom is -0.453 e. The number of aromatic nitrogens is 3. The summed E-state index contributed by atoms with van der Waals surface area (Å²) >= 11 is 0. The number of oxazole rings is 1. The molecule has 2 aromatic carbocycles. The largest absolute Gasteiger partial charge is 0.453 e. The molecule has 4 rings (SSSR count). The lowest BCUT2D eigenvalue weighted by Crippen LogP contribution is -2.23. The SMILES string of the molecule is CC(OC(=O)Cn1c(=O)oc2ccccc21)c1nc2ccccc2n1C(F)F. The molecule has 0 spiro atoms. The molecule has 2 heterocycles. The predicted octanol–water partition coefficient (Wildman–Crippen LogP) is 3.64. The van der Waals surface area contributed by atoms with Gasteiger partial charge in [-0.2, -0.15) is 8.78 Å². The second-order valence-corrected chi connectivity index (χ2v) is 6.16. The first-order valence-electron chi connectivity index (χ1n) is 8.48. The number of hydrogen-bond acceptors (Lipinski definition) is 5. The molecule has 4 aromatic rings. The smallest absolute Gasteiger partial charge is 0.420 e. The Balaban J connectivity index is 1.60. The number of benzene rings is 2. The lowest BCUT2D eigenvalue weighted by molar-refractivity contribution is -0.150. The van der Waals surface area contributed by atoms with E-state index in [1.54, 1.807) is 42.5 Å². The van der Waals surface area contributed by atoms with Crippen LogP contribution in [0.3, 0.4) is 0 Å². The lowest BCUT2D eigenvalue weighted by Gasteiger charge is -2.15. The van der Waals surface area contributed by atoms with E-state index >= 15 is 0 Å². The number of carbonyl (C=O) groups is 1. The van der Waals surface area contributed by atoms with Gasteiger partial charge in [-0.05, 0) is 31.2 Å². The van der Waals surface area contributed by atoms with E-state index in [1.165, 1.54) is 13.0 Å². The quantitative estimate of drug-likeness (QED) is 0.489. The van der Waals surface area contributed by atoms with E-state index in [4.69, 9.17) is 9.15 Å². The van der Waals surface area contributed by atoms with Crippen molar-refractivity contribution in [2.24, 2.45) is 0 Å². The van der Waals surface area contributed by atoms with Gasteiger partial charge in [0.25, 0.3) is 0 Å². The molecule has 2 aromatic heterocycles.